The second-order valence-corrected chi connectivity index (χ2v) is 10.5. The van der Waals surface area contributed by atoms with E-state index in [1.807, 2.05) is 44.2 Å². The van der Waals surface area contributed by atoms with E-state index in [4.69, 9.17) is 9.47 Å². The first-order valence-electron chi connectivity index (χ1n) is 11.7. The summed E-state index contributed by atoms with van der Waals surface area (Å²) in [5, 5.41) is 5.41. The highest BCUT2D eigenvalue weighted by Crippen LogP contribution is 2.25. The molecule has 0 unspecified atom stereocenters. The molecule has 35 heavy (non-hydrogen) atoms. The Labute approximate surface area is 206 Å². The Morgan fingerprint density at radius 2 is 1.80 bits per heavy atom. The maximum Gasteiger partial charge on any atom is 0.408 e. The van der Waals surface area contributed by atoms with E-state index in [0.29, 0.717) is 30.9 Å². The molecule has 2 atom stereocenters. The van der Waals surface area contributed by atoms with Gasteiger partial charge in [-0.1, -0.05) is 56.7 Å². The summed E-state index contributed by atoms with van der Waals surface area (Å²) in [4.78, 5) is 25.6. The van der Waals surface area contributed by atoms with Crippen molar-refractivity contribution in [1.82, 2.24) is 9.62 Å². The van der Waals surface area contributed by atoms with E-state index in [2.05, 4.69) is 10.6 Å². The third-order valence-corrected chi connectivity index (χ3v) is 8.07. The van der Waals surface area contributed by atoms with Crippen molar-refractivity contribution in [2.45, 2.75) is 44.7 Å². The minimum Gasteiger partial charge on any atom is -0.445 e. The number of rotatable bonds is 9. The van der Waals surface area contributed by atoms with Gasteiger partial charge in [-0.25, -0.2) is 13.2 Å². The summed E-state index contributed by atoms with van der Waals surface area (Å²) >= 11 is 0. The Kier molecular flexibility index (Phi) is 9.25. The van der Waals surface area contributed by atoms with E-state index in [9.17, 15) is 18.0 Å². The zero-order chi connectivity index (χ0) is 25.4. The number of aryl methyl sites for hydroxylation is 1. The van der Waals surface area contributed by atoms with Crippen LogP contribution in [0.2, 0.25) is 0 Å². The lowest BCUT2D eigenvalue weighted by molar-refractivity contribution is -0.119. The lowest BCUT2D eigenvalue weighted by atomic mass is 9.98. The van der Waals surface area contributed by atoms with Gasteiger partial charge in [-0.15, -0.1) is 0 Å². The maximum atomic E-state index is 13.2. The van der Waals surface area contributed by atoms with Crippen molar-refractivity contribution in [3.63, 3.8) is 0 Å². The minimum atomic E-state index is -3.73. The van der Waals surface area contributed by atoms with E-state index >= 15 is 0 Å². The third-order valence-electron chi connectivity index (χ3n) is 6.03. The third kappa shape index (κ3) is 7.03. The summed E-state index contributed by atoms with van der Waals surface area (Å²) in [6.07, 6.45) is -0.0597. The molecule has 1 saturated heterocycles. The van der Waals surface area contributed by atoms with Crippen LogP contribution in [0.5, 0.6) is 0 Å². The van der Waals surface area contributed by atoms with Crippen LogP contribution in [0.15, 0.2) is 53.4 Å². The van der Waals surface area contributed by atoms with Gasteiger partial charge in [0.25, 0.3) is 0 Å². The Balaban J connectivity index is 1.71. The number of benzene rings is 2. The first kappa shape index (κ1) is 26.7. The van der Waals surface area contributed by atoms with E-state index in [0.717, 1.165) is 5.56 Å². The standard InChI is InChI=1S/C25H33N3O6S/c1-4-18(2)23(27-25(30)34-17-20-8-6-5-7-9-20)24(29)26-21-11-10-19(3)22(16-21)35(31,32)28-12-14-33-15-13-28/h5-11,16,18,23H,4,12-15,17H2,1-3H3,(H,26,29)(H,27,30)/t18-,23-/m1/s1. The summed E-state index contributed by atoms with van der Waals surface area (Å²) in [5.74, 6) is -0.629. The van der Waals surface area contributed by atoms with Gasteiger partial charge >= 0.3 is 6.09 Å². The number of ether oxygens (including phenoxy) is 2. The molecule has 1 aliphatic rings. The van der Waals surface area contributed by atoms with Crippen LogP contribution in [-0.4, -0.2) is 57.1 Å². The Hall–Kier alpha value is -2.95. The molecular formula is C25H33N3O6S. The minimum absolute atomic E-state index is 0.0856. The predicted octanol–water partition coefficient (Wildman–Crippen LogP) is 3.30. The molecule has 0 bridgehead atoms. The van der Waals surface area contributed by atoms with Gasteiger partial charge in [-0.05, 0) is 36.1 Å². The van der Waals surface area contributed by atoms with Crippen LogP contribution in [-0.2, 0) is 30.9 Å². The number of nitrogens with zero attached hydrogens (tertiary/aromatic N) is 1. The zero-order valence-electron chi connectivity index (χ0n) is 20.3. The van der Waals surface area contributed by atoms with Gasteiger partial charge < -0.3 is 20.1 Å². The van der Waals surface area contributed by atoms with Crippen LogP contribution in [0.3, 0.4) is 0 Å². The summed E-state index contributed by atoms with van der Waals surface area (Å²) in [6, 6.07) is 13.1. The molecule has 2 N–H and O–H groups in total. The summed E-state index contributed by atoms with van der Waals surface area (Å²) in [7, 11) is -3.73. The SMILES string of the molecule is CC[C@@H](C)[C@@H](NC(=O)OCc1ccccc1)C(=O)Nc1ccc(C)c(S(=O)(=O)N2CCOCC2)c1. The molecule has 2 aromatic carbocycles. The maximum absolute atomic E-state index is 13.2. The highest BCUT2D eigenvalue weighted by molar-refractivity contribution is 7.89. The number of carbonyl (C=O) groups is 2. The smallest absolute Gasteiger partial charge is 0.408 e. The molecule has 1 heterocycles. The molecule has 0 aliphatic carbocycles. The van der Waals surface area contributed by atoms with Crippen molar-refractivity contribution in [3.05, 3.63) is 59.7 Å². The fraction of sp³-hybridized carbons (Fsp3) is 0.440. The molecule has 1 aliphatic heterocycles. The van der Waals surface area contributed by atoms with Crippen molar-refractivity contribution in [2.75, 3.05) is 31.6 Å². The van der Waals surface area contributed by atoms with E-state index in [1.54, 1.807) is 19.1 Å². The number of carbonyl (C=O) groups excluding carboxylic acids is 2. The normalized spacial score (nSPS) is 16.2. The second-order valence-electron chi connectivity index (χ2n) is 8.56. The number of hydrogen-bond donors (Lipinski definition) is 2. The van der Waals surface area contributed by atoms with Crippen LogP contribution in [0.1, 0.15) is 31.4 Å². The van der Waals surface area contributed by atoms with Crippen molar-refractivity contribution < 1.29 is 27.5 Å². The van der Waals surface area contributed by atoms with Crippen LogP contribution in [0.4, 0.5) is 10.5 Å². The molecule has 0 saturated carbocycles. The van der Waals surface area contributed by atoms with Crippen LogP contribution >= 0.6 is 0 Å². The Morgan fingerprint density at radius 3 is 2.46 bits per heavy atom. The fourth-order valence-electron chi connectivity index (χ4n) is 3.70. The van der Waals surface area contributed by atoms with Gasteiger partial charge in [0.1, 0.15) is 12.6 Å². The van der Waals surface area contributed by atoms with E-state index in [-0.39, 0.29) is 30.5 Å². The van der Waals surface area contributed by atoms with Crippen LogP contribution in [0.25, 0.3) is 0 Å². The first-order valence-corrected chi connectivity index (χ1v) is 13.1. The quantitative estimate of drug-likeness (QED) is 0.543. The molecule has 0 spiro atoms. The van der Waals surface area contributed by atoms with Gasteiger partial charge in [0, 0.05) is 18.8 Å². The average molecular weight is 504 g/mol. The number of hydrogen-bond acceptors (Lipinski definition) is 6. The molecule has 2 aromatic rings. The van der Waals surface area contributed by atoms with Crippen molar-refractivity contribution in [2.24, 2.45) is 5.92 Å². The summed E-state index contributed by atoms with van der Waals surface area (Å²) in [5.41, 5.74) is 1.75. The number of alkyl carbamates (subject to hydrolysis) is 1. The fourth-order valence-corrected chi connectivity index (χ4v) is 5.35. The molecular weight excluding hydrogens is 470 g/mol. The number of nitrogens with one attached hydrogen (secondary N) is 2. The number of anilines is 1. The Bertz CT molecular complexity index is 1120. The van der Waals surface area contributed by atoms with Gasteiger partial charge in [0.05, 0.1) is 18.1 Å². The second kappa shape index (κ2) is 12.1. The number of amides is 2. The largest absolute Gasteiger partial charge is 0.445 e. The number of morpholine rings is 1. The van der Waals surface area contributed by atoms with Gasteiger partial charge in [0.15, 0.2) is 0 Å². The zero-order valence-corrected chi connectivity index (χ0v) is 21.1. The highest BCUT2D eigenvalue weighted by atomic mass is 32.2. The van der Waals surface area contributed by atoms with Crippen molar-refractivity contribution in [1.29, 1.82) is 0 Å². The highest BCUT2D eigenvalue weighted by Gasteiger charge is 2.30. The lowest BCUT2D eigenvalue weighted by Crippen LogP contribution is -2.47. The van der Waals surface area contributed by atoms with Crippen LogP contribution in [0, 0.1) is 12.8 Å². The first-order chi connectivity index (χ1) is 16.7. The lowest BCUT2D eigenvalue weighted by Gasteiger charge is -2.27. The van der Waals surface area contributed by atoms with Crippen molar-refractivity contribution in [3.8, 4) is 0 Å². The molecule has 1 fully saturated rings. The molecule has 190 valence electrons. The average Bonchev–Trinajstić information content (AvgIpc) is 2.87. The van der Waals surface area contributed by atoms with E-state index < -0.39 is 28.1 Å². The molecule has 10 heteroatoms. The molecule has 2 amide bonds. The number of sulfonamides is 1. The molecule has 0 radical (unpaired) electrons. The van der Waals surface area contributed by atoms with Crippen LogP contribution < -0.4 is 10.6 Å². The predicted molar refractivity (Wildman–Crippen MR) is 132 cm³/mol. The Morgan fingerprint density at radius 1 is 1.11 bits per heavy atom. The van der Waals surface area contributed by atoms with Crippen molar-refractivity contribution >= 4 is 27.7 Å². The van der Waals surface area contributed by atoms with Gasteiger partial charge in [-0.3, -0.25) is 4.79 Å². The van der Waals surface area contributed by atoms with Gasteiger partial charge in [0.2, 0.25) is 15.9 Å². The monoisotopic (exact) mass is 503 g/mol. The van der Waals surface area contributed by atoms with E-state index in [1.165, 1.54) is 10.4 Å². The summed E-state index contributed by atoms with van der Waals surface area (Å²) in [6.45, 7) is 6.82. The molecule has 9 nitrogen and oxygen atoms in total. The van der Waals surface area contributed by atoms with Gasteiger partial charge in [-0.2, -0.15) is 4.31 Å². The topological polar surface area (TPSA) is 114 Å². The summed E-state index contributed by atoms with van der Waals surface area (Å²) < 4.78 is 38.2. The molecule has 3 rings (SSSR count). The molecule has 0 aromatic heterocycles.